The van der Waals surface area contributed by atoms with E-state index < -0.39 is 5.82 Å². The highest BCUT2D eigenvalue weighted by Crippen LogP contribution is 2.38. The number of nitrogen functional groups attached to an aromatic ring is 1. The summed E-state index contributed by atoms with van der Waals surface area (Å²) in [6, 6.07) is 8.72. The molecule has 0 amide bonds. The van der Waals surface area contributed by atoms with Crippen LogP contribution in [0.2, 0.25) is 0 Å². The summed E-state index contributed by atoms with van der Waals surface area (Å²) >= 11 is 0. The largest absolute Gasteiger partial charge is 0.399 e. The number of benzene rings is 2. The number of fused-ring (bicyclic) bond motifs is 3. The fourth-order valence-electron chi connectivity index (χ4n) is 4.38. The van der Waals surface area contributed by atoms with Crippen molar-refractivity contribution < 1.29 is 4.39 Å². The first-order chi connectivity index (χ1) is 13.9. The van der Waals surface area contributed by atoms with Gasteiger partial charge in [-0.25, -0.2) is 9.37 Å². The van der Waals surface area contributed by atoms with E-state index in [9.17, 15) is 4.39 Å². The van der Waals surface area contributed by atoms with Gasteiger partial charge in [-0.05, 0) is 68.0 Å². The van der Waals surface area contributed by atoms with Crippen molar-refractivity contribution in [1.29, 1.82) is 5.41 Å². The lowest BCUT2D eigenvalue weighted by molar-refractivity contribution is 0.624. The molecule has 0 saturated heterocycles. The Morgan fingerprint density at radius 3 is 2.48 bits per heavy atom. The number of hydrogen-bond acceptors (Lipinski definition) is 4. The molecule has 0 atom stereocenters. The first-order valence-corrected chi connectivity index (χ1v) is 9.92. The Hall–Kier alpha value is -3.21. The van der Waals surface area contributed by atoms with E-state index in [1.54, 1.807) is 19.1 Å². The molecule has 4 rings (SSSR count). The van der Waals surface area contributed by atoms with Crippen LogP contribution < -0.4 is 11.5 Å². The molecule has 0 fully saturated rings. The minimum absolute atomic E-state index is 0.209. The predicted molar refractivity (Wildman–Crippen MR) is 119 cm³/mol. The van der Waals surface area contributed by atoms with Crippen molar-refractivity contribution in [3.05, 3.63) is 65.0 Å². The molecule has 1 aliphatic rings. The van der Waals surface area contributed by atoms with Gasteiger partial charge in [-0.3, -0.25) is 0 Å². The Balaban J connectivity index is 2.05. The molecule has 2 aromatic carbocycles. The third-order valence-electron chi connectivity index (χ3n) is 5.72. The highest BCUT2D eigenvalue weighted by atomic mass is 19.1. The van der Waals surface area contributed by atoms with E-state index in [-0.39, 0.29) is 5.70 Å². The fraction of sp³-hybridized carbons (Fsp3) is 0.250. The van der Waals surface area contributed by atoms with Gasteiger partial charge >= 0.3 is 0 Å². The Bertz CT molecular complexity index is 1160. The number of nitrogens with two attached hydrogens (primary N) is 2. The maximum absolute atomic E-state index is 14.6. The Labute approximate surface area is 170 Å². The molecule has 0 radical (unpaired) electrons. The second-order valence-corrected chi connectivity index (χ2v) is 7.75. The first kappa shape index (κ1) is 19.1. The molecule has 0 aliphatic heterocycles. The summed E-state index contributed by atoms with van der Waals surface area (Å²) in [6.07, 6.45) is 5.07. The van der Waals surface area contributed by atoms with Gasteiger partial charge in [0.15, 0.2) is 0 Å². The van der Waals surface area contributed by atoms with Crippen molar-refractivity contribution >= 4 is 28.0 Å². The van der Waals surface area contributed by atoms with E-state index >= 15 is 0 Å². The van der Waals surface area contributed by atoms with Gasteiger partial charge < -0.3 is 16.9 Å². The summed E-state index contributed by atoms with van der Waals surface area (Å²) < 4.78 is 14.6. The van der Waals surface area contributed by atoms with Gasteiger partial charge in [0, 0.05) is 39.2 Å². The summed E-state index contributed by atoms with van der Waals surface area (Å²) in [7, 11) is 0. The van der Waals surface area contributed by atoms with Crippen molar-refractivity contribution in [1.82, 2.24) is 4.98 Å². The molecule has 0 saturated carbocycles. The molecule has 148 valence electrons. The standard InChI is InChI=1S/C24H25FN4/c1-13(26)16-9-8-15(12-19(16)25)24-18-7-5-3-4-6-17(18)23-21(29-24)11-10-20(28)22(23)14(2)27/h8-12,27H,1,3-7,26,28H2,2H3. The summed E-state index contributed by atoms with van der Waals surface area (Å²) in [4.78, 5) is 4.93. The summed E-state index contributed by atoms with van der Waals surface area (Å²) in [6.45, 7) is 5.40. The number of nitrogens with zero attached hydrogens (tertiary/aromatic N) is 1. The molecular weight excluding hydrogens is 363 g/mol. The lowest BCUT2D eigenvalue weighted by Gasteiger charge is -2.19. The average molecular weight is 388 g/mol. The molecule has 0 spiro atoms. The molecule has 29 heavy (non-hydrogen) atoms. The molecule has 5 heteroatoms. The lowest BCUT2D eigenvalue weighted by Crippen LogP contribution is -2.07. The van der Waals surface area contributed by atoms with Gasteiger partial charge in [0.2, 0.25) is 0 Å². The average Bonchev–Trinajstić information content (AvgIpc) is 2.92. The Morgan fingerprint density at radius 1 is 1.10 bits per heavy atom. The van der Waals surface area contributed by atoms with Gasteiger partial charge in [-0.15, -0.1) is 0 Å². The smallest absolute Gasteiger partial charge is 0.133 e. The number of pyridine rings is 1. The molecule has 5 N–H and O–H groups in total. The fourth-order valence-corrected chi connectivity index (χ4v) is 4.38. The lowest BCUT2D eigenvalue weighted by atomic mass is 9.89. The van der Waals surface area contributed by atoms with Crippen LogP contribution in [0.5, 0.6) is 0 Å². The van der Waals surface area contributed by atoms with Crippen LogP contribution in [0.3, 0.4) is 0 Å². The van der Waals surface area contributed by atoms with Crippen LogP contribution in [-0.2, 0) is 12.8 Å². The third-order valence-corrected chi connectivity index (χ3v) is 5.72. The number of rotatable bonds is 3. The van der Waals surface area contributed by atoms with Crippen molar-refractivity contribution in [2.75, 3.05) is 5.73 Å². The van der Waals surface area contributed by atoms with Crippen LogP contribution in [-0.4, -0.2) is 10.7 Å². The van der Waals surface area contributed by atoms with Gasteiger partial charge in [-0.1, -0.05) is 19.1 Å². The van der Waals surface area contributed by atoms with Crippen molar-refractivity contribution in [3.8, 4) is 11.3 Å². The van der Waals surface area contributed by atoms with E-state index in [0.29, 0.717) is 17.0 Å². The summed E-state index contributed by atoms with van der Waals surface area (Å²) in [5.74, 6) is -0.396. The number of hydrogen-bond donors (Lipinski definition) is 3. The molecule has 1 aromatic heterocycles. The molecule has 0 bridgehead atoms. The third kappa shape index (κ3) is 3.27. The normalized spacial score (nSPS) is 13.7. The number of aryl methyl sites for hydroxylation is 1. The van der Waals surface area contributed by atoms with Crippen LogP contribution in [0.15, 0.2) is 36.9 Å². The molecule has 1 heterocycles. The molecule has 0 unspecified atom stereocenters. The Kier molecular flexibility index (Phi) is 4.82. The van der Waals surface area contributed by atoms with Crippen molar-refractivity contribution in [2.45, 2.75) is 39.0 Å². The van der Waals surface area contributed by atoms with Gasteiger partial charge in [0.1, 0.15) is 5.82 Å². The highest BCUT2D eigenvalue weighted by Gasteiger charge is 2.22. The van der Waals surface area contributed by atoms with E-state index in [1.165, 1.54) is 11.6 Å². The quantitative estimate of drug-likeness (QED) is 0.327. The SMILES string of the molecule is C=C(N)c1ccc(-c2nc3ccc(N)c(C(C)=N)c3c3c2CCCCC3)cc1F. The zero-order chi connectivity index (χ0) is 20.7. The van der Waals surface area contributed by atoms with Gasteiger partial charge in [-0.2, -0.15) is 0 Å². The van der Waals surface area contributed by atoms with Crippen molar-refractivity contribution in [3.63, 3.8) is 0 Å². The second-order valence-electron chi connectivity index (χ2n) is 7.75. The topological polar surface area (TPSA) is 88.8 Å². The minimum Gasteiger partial charge on any atom is -0.399 e. The minimum atomic E-state index is -0.396. The van der Waals surface area contributed by atoms with E-state index in [1.807, 2.05) is 12.1 Å². The Morgan fingerprint density at radius 2 is 1.83 bits per heavy atom. The van der Waals surface area contributed by atoms with Gasteiger partial charge in [0.05, 0.1) is 11.2 Å². The number of aromatic nitrogens is 1. The highest BCUT2D eigenvalue weighted by molar-refractivity contribution is 6.13. The predicted octanol–water partition coefficient (Wildman–Crippen LogP) is 5.21. The van der Waals surface area contributed by atoms with E-state index in [4.69, 9.17) is 21.9 Å². The van der Waals surface area contributed by atoms with Crippen molar-refractivity contribution in [2.24, 2.45) is 5.73 Å². The zero-order valence-electron chi connectivity index (χ0n) is 16.6. The van der Waals surface area contributed by atoms with E-state index in [2.05, 4.69) is 6.58 Å². The van der Waals surface area contributed by atoms with Crippen LogP contribution in [0.25, 0.3) is 27.9 Å². The monoisotopic (exact) mass is 388 g/mol. The molecule has 3 aromatic rings. The van der Waals surface area contributed by atoms with Crippen LogP contribution in [0.1, 0.15) is 48.4 Å². The van der Waals surface area contributed by atoms with Crippen LogP contribution >= 0.6 is 0 Å². The molecule has 4 nitrogen and oxygen atoms in total. The zero-order valence-corrected chi connectivity index (χ0v) is 16.6. The maximum atomic E-state index is 14.6. The van der Waals surface area contributed by atoms with Crippen LogP contribution in [0, 0.1) is 11.2 Å². The van der Waals surface area contributed by atoms with Gasteiger partial charge in [0.25, 0.3) is 0 Å². The number of nitrogens with one attached hydrogen (secondary N) is 1. The summed E-state index contributed by atoms with van der Waals surface area (Å²) in [5, 5.41) is 9.24. The second kappa shape index (κ2) is 7.32. The van der Waals surface area contributed by atoms with Crippen LogP contribution in [0.4, 0.5) is 10.1 Å². The summed E-state index contributed by atoms with van der Waals surface area (Å²) in [5.41, 5.74) is 18.9. The molecular formula is C24H25FN4. The first-order valence-electron chi connectivity index (χ1n) is 9.92. The van der Waals surface area contributed by atoms with E-state index in [0.717, 1.165) is 65.4 Å². The molecule has 1 aliphatic carbocycles. The number of halogens is 1. The maximum Gasteiger partial charge on any atom is 0.133 e. The number of anilines is 1.